The Morgan fingerprint density at radius 3 is 2.65 bits per heavy atom. The molecule has 0 aliphatic rings. The molecule has 0 aromatic carbocycles. The molecule has 5 nitrogen and oxygen atoms in total. The first kappa shape index (κ1) is 11.9. The van der Waals surface area contributed by atoms with Crippen LogP contribution in [0.4, 0.5) is 0 Å². The molecule has 0 bridgehead atoms. The summed E-state index contributed by atoms with van der Waals surface area (Å²) in [5.41, 5.74) is 3.38. The molecule has 0 atom stereocenters. The first-order chi connectivity index (χ1) is 8.04. The number of nitrogens with zero attached hydrogens (tertiary/aromatic N) is 4. The van der Waals surface area contributed by atoms with Crippen LogP contribution in [-0.4, -0.2) is 31.7 Å². The third-order valence-electron chi connectivity index (χ3n) is 2.71. The minimum Gasteiger partial charge on any atom is -0.345 e. The molecule has 17 heavy (non-hydrogen) atoms. The lowest BCUT2D eigenvalue weighted by Crippen LogP contribution is -2.19. The van der Waals surface area contributed by atoms with Gasteiger partial charge in [-0.25, -0.2) is 4.98 Å². The van der Waals surface area contributed by atoms with Gasteiger partial charge in [-0.2, -0.15) is 5.10 Å². The summed E-state index contributed by atoms with van der Waals surface area (Å²) in [7, 11) is 4.06. The predicted octanol–water partition coefficient (Wildman–Crippen LogP) is 1.39. The average molecular weight is 233 g/mol. The Kier molecular flexibility index (Phi) is 3.28. The zero-order chi connectivity index (χ0) is 12.4. The van der Waals surface area contributed by atoms with Gasteiger partial charge in [-0.15, -0.1) is 0 Å². The molecule has 0 saturated carbocycles. The van der Waals surface area contributed by atoms with Crippen LogP contribution in [0.2, 0.25) is 0 Å². The molecule has 0 aliphatic carbocycles. The topological polar surface area (TPSA) is 49.7 Å². The van der Waals surface area contributed by atoms with E-state index in [1.807, 2.05) is 31.8 Å². The minimum atomic E-state index is 0.818. The van der Waals surface area contributed by atoms with Crippen molar-refractivity contribution in [1.29, 1.82) is 0 Å². The van der Waals surface area contributed by atoms with Crippen LogP contribution in [-0.2, 0) is 20.1 Å². The summed E-state index contributed by atoms with van der Waals surface area (Å²) in [6.07, 6.45) is 1.86. The molecule has 92 valence electrons. The first-order valence-electron chi connectivity index (χ1n) is 5.73. The quantitative estimate of drug-likeness (QED) is 0.868. The van der Waals surface area contributed by atoms with Crippen LogP contribution in [0.3, 0.4) is 0 Å². The zero-order valence-electron chi connectivity index (χ0n) is 10.9. The van der Waals surface area contributed by atoms with E-state index >= 15 is 0 Å². The molecule has 1 N–H and O–H groups in total. The van der Waals surface area contributed by atoms with Crippen molar-refractivity contribution in [3.63, 3.8) is 0 Å². The maximum Gasteiger partial charge on any atom is 0.120 e. The van der Waals surface area contributed by atoms with Gasteiger partial charge in [0.15, 0.2) is 0 Å². The SMILES string of the molecule is Cc1cc(CN(C)Cc2ncc(C)[nH]2)n(C)n1. The minimum absolute atomic E-state index is 0.818. The summed E-state index contributed by atoms with van der Waals surface area (Å²) in [6.45, 7) is 5.72. The highest BCUT2D eigenvalue weighted by molar-refractivity contribution is 5.08. The molecule has 2 aromatic rings. The number of aromatic nitrogens is 4. The van der Waals surface area contributed by atoms with Crippen LogP contribution in [0, 0.1) is 13.8 Å². The van der Waals surface area contributed by atoms with E-state index in [2.05, 4.69) is 33.1 Å². The van der Waals surface area contributed by atoms with E-state index in [0.717, 1.165) is 30.3 Å². The van der Waals surface area contributed by atoms with Gasteiger partial charge in [0.25, 0.3) is 0 Å². The average Bonchev–Trinajstić information content (AvgIpc) is 2.74. The number of nitrogens with one attached hydrogen (secondary N) is 1. The fourth-order valence-electron chi connectivity index (χ4n) is 1.95. The molecule has 5 heteroatoms. The summed E-state index contributed by atoms with van der Waals surface area (Å²) >= 11 is 0. The number of imidazole rings is 1. The molecular formula is C12H19N5. The van der Waals surface area contributed by atoms with Crippen molar-refractivity contribution >= 4 is 0 Å². The Morgan fingerprint density at radius 1 is 1.35 bits per heavy atom. The normalized spacial score (nSPS) is 11.4. The van der Waals surface area contributed by atoms with Crippen molar-refractivity contribution < 1.29 is 0 Å². The van der Waals surface area contributed by atoms with Crippen molar-refractivity contribution in [3.05, 3.63) is 35.2 Å². The highest BCUT2D eigenvalue weighted by Crippen LogP contribution is 2.07. The Morgan fingerprint density at radius 2 is 2.12 bits per heavy atom. The molecule has 0 saturated heterocycles. The van der Waals surface area contributed by atoms with Crippen LogP contribution in [0.1, 0.15) is 22.9 Å². The standard InChI is InChI=1S/C12H19N5/c1-9-5-11(17(4)15-9)7-16(3)8-12-13-6-10(2)14-12/h5-6H,7-8H2,1-4H3,(H,13,14). The third-order valence-corrected chi connectivity index (χ3v) is 2.71. The number of hydrogen-bond acceptors (Lipinski definition) is 3. The molecule has 0 unspecified atom stereocenters. The summed E-state index contributed by atoms with van der Waals surface area (Å²) in [5.74, 6) is 1.00. The molecule has 0 radical (unpaired) electrons. The maximum absolute atomic E-state index is 4.34. The second-order valence-corrected chi connectivity index (χ2v) is 4.59. The molecular weight excluding hydrogens is 214 g/mol. The second kappa shape index (κ2) is 4.71. The van der Waals surface area contributed by atoms with E-state index in [9.17, 15) is 0 Å². The third kappa shape index (κ3) is 2.94. The summed E-state index contributed by atoms with van der Waals surface area (Å²) < 4.78 is 1.93. The summed E-state index contributed by atoms with van der Waals surface area (Å²) in [4.78, 5) is 9.76. The highest BCUT2D eigenvalue weighted by atomic mass is 15.3. The fraction of sp³-hybridized carbons (Fsp3) is 0.500. The van der Waals surface area contributed by atoms with E-state index in [1.54, 1.807) is 0 Å². The van der Waals surface area contributed by atoms with Crippen LogP contribution >= 0.6 is 0 Å². The van der Waals surface area contributed by atoms with E-state index < -0.39 is 0 Å². The molecule has 0 fully saturated rings. The van der Waals surface area contributed by atoms with Gasteiger partial charge in [0.2, 0.25) is 0 Å². The Bertz CT molecular complexity index is 497. The van der Waals surface area contributed by atoms with E-state index in [0.29, 0.717) is 0 Å². The number of aromatic amines is 1. The second-order valence-electron chi connectivity index (χ2n) is 4.59. The van der Waals surface area contributed by atoms with Gasteiger partial charge in [0.1, 0.15) is 5.82 Å². The number of H-pyrrole nitrogens is 1. The first-order valence-corrected chi connectivity index (χ1v) is 5.73. The van der Waals surface area contributed by atoms with Crippen molar-refractivity contribution in [2.24, 2.45) is 7.05 Å². The lowest BCUT2D eigenvalue weighted by atomic mass is 10.3. The Balaban J connectivity index is 1.97. The Hall–Kier alpha value is -1.62. The monoisotopic (exact) mass is 233 g/mol. The summed E-state index contributed by atoms with van der Waals surface area (Å²) in [5, 5.41) is 4.34. The summed E-state index contributed by atoms with van der Waals surface area (Å²) in [6, 6.07) is 2.11. The molecule has 2 rings (SSSR count). The van der Waals surface area contributed by atoms with Crippen LogP contribution < -0.4 is 0 Å². The van der Waals surface area contributed by atoms with E-state index in [4.69, 9.17) is 0 Å². The predicted molar refractivity (Wildman–Crippen MR) is 66.4 cm³/mol. The van der Waals surface area contributed by atoms with Gasteiger partial charge in [0, 0.05) is 25.5 Å². The largest absolute Gasteiger partial charge is 0.345 e. The van der Waals surface area contributed by atoms with Crippen molar-refractivity contribution in [2.45, 2.75) is 26.9 Å². The van der Waals surface area contributed by atoms with Crippen LogP contribution in [0.15, 0.2) is 12.3 Å². The van der Waals surface area contributed by atoms with E-state index in [1.165, 1.54) is 5.69 Å². The van der Waals surface area contributed by atoms with Crippen molar-refractivity contribution in [3.8, 4) is 0 Å². The molecule has 2 aromatic heterocycles. The van der Waals surface area contributed by atoms with Gasteiger partial charge in [-0.05, 0) is 27.0 Å². The van der Waals surface area contributed by atoms with Crippen LogP contribution in [0.25, 0.3) is 0 Å². The molecule has 0 amide bonds. The lowest BCUT2D eigenvalue weighted by Gasteiger charge is -2.14. The molecule has 0 spiro atoms. The van der Waals surface area contributed by atoms with E-state index in [-0.39, 0.29) is 0 Å². The van der Waals surface area contributed by atoms with Gasteiger partial charge in [-0.1, -0.05) is 0 Å². The van der Waals surface area contributed by atoms with Crippen LogP contribution in [0.5, 0.6) is 0 Å². The Labute approximate surface area is 101 Å². The highest BCUT2D eigenvalue weighted by Gasteiger charge is 2.07. The van der Waals surface area contributed by atoms with Gasteiger partial charge >= 0.3 is 0 Å². The fourth-order valence-corrected chi connectivity index (χ4v) is 1.95. The van der Waals surface area contributed by atoms with Gasteiger partial charge in [-0.3, -0.25) is 9.58 Å². The van der Waals surface area contributed by atoms with Crippen molar-refractivity contribution in [1.82, 2.24) is 24.6 Å². The maximum atomic E-state index is 4.34. The van der Waals surface area contributed by atoms with Crippen molar-refractivity contribution in [2.75, 3.05) is 7.05 Å². The molecule has 2 heterocycles. The number of hydrogen-bond donors (Lipinski definition) is 1. The molecule has 0 aliphatic heterocycles. The smallest absolute Gasteiger partial charge is 0.120 e. The lowest BCUT2D eigenvalue weighted by molar-refractivity contribution is 0.302. The van der Waals surface area contributed by atoms with Gasteiger partial charge in [0.05, 0.1) is 17.9 Å². The number of aryl methyl sites for hydroxylation is 3. The number of rotatable bonds is 4. The van der Waals surface area contributed by atoms with Gasteiger partial charge < -0.3 is 4.98 Å². The zero-order valence-corrected chi connectivity index (χ0v) is 10.9.